The summed E-state index contributed by atoms with van der Waals surface area (Å²) in [5.74, 6) is 3.16. The van der Waals surface area contributed by atoms with Gasteiger partial charge in [0.15, 0.2) is 0 Å². The molecular weight excluding hydrogens is 328 g/mol. The number of unbranched alkanes of at least 4 members (excludes halogenated alkanes) is 5. The molecule has 0 unspecified atom stereocenters. The Morgan fingerprint density at radius 1 is 1.00 bits per heavy atom. The van der Waals surface area contributed by atoms with Crippen molar-refractivity contribution >= 4 is 8.07 Å². The Balaban J connectivity index is 2.62. The van der Waals surface area contributed by atoms with Crippen LogP contribution in [0.4, 0.5) is 0 Å². The minimum atomic E-state index is -1.47. The van der Waals surface area contributed by atoms with Crippen molar-refractivity contribution in [3.8, 4) is 18.1 Å². The van der Waals surface area contributed by atoms with Gasteiger partial charge < -0.3 is 14.9 Å². The largest absolute Gasteiger partial charge is 0.496 e. The maximum absolute atomic E-state index is 9.61. The number of ether oxygens (including phenoxy) is 1. The Kier molecular flexibility index (Phi) is 9.88. The smallest absolute Gasteiger partial charge is 0.129 e. The molecule has 0 radical (unpaired) electrons. The average molecular weight is 363 g/mol. The third-order valence-corrected chi connectivity index (χ3v) is 7.20. The maximum Gasteiger partial charge on any atom is 0.129 e. The predicted molar refractivity (Wildman–Crippen MR) is 107 cm³/mol. The molecule has 0 aliphatic heterocycles. The average Bonchev–Trinajstić information content (AvgIpc) is 2.62. The number of benzene rings is 1. The van der Waals surface area contributed by atoms with Crippen molar-refractivity contribution in [3.63, 3.8) is 0 Å². The maximum atomic E-state index is 9.61. The van der Waals surface area contributed by atoms with Crippen LogP contribution in [0.5, 0.6) is 5.75 Å². The summed E-state index contributed by atoms with van der Waals surface area (Å²) >= 11 is 0. The molecule has 0 heterocycles. The van der Waals surface area contributed by atoms with Gasteiger partial charge in [0.05, 0.1) is 27.5 Å². The van der Waals surface area contributed by atoms with Gasteiger partial charge in [-0.2, -0.15) is 0 Å². The van der Waals surface area contributed by atoms with Crippen molar-refractivity contribution in [1.29, 1.82) is 0 Å². The lowest BCUT2D eigenvalue weighted by Gasteiger charge is -2.24. The van der Waals surface area contributed by atoms with Crippen LogP contribution in [-0.4, -0.2) is 24.5 Å². The highest BCUT2D eigenvalue weighted by Crippen LogP contribution is 2.28. The van der Waals surface area contributed by atoms with Crippen molar-refractivity contribution in [2.24, 2.45) is 0 Å². The monoisotopic (exact) mass is 362 g/mol. The van der Waals surface area contributed by atoms with Crippen molar-refractivity contribution in [2.45, 2.75) is 77.8 Å². The second-order valence-corrected chi connectivity index (χ2v) is 12.7. The molecular formula is C21H34O3Si. The van der Waals surface area contributed by atoms with Crippen molar-refractivity contribution < 1.29 is 14.9 Å². The van der Waals surface area contributed by atoms with Crippen molar-refractivity contribution in [2.75, 3.05) is 6.23 Å². The van der Waals surface area contributed by atoms with E-state index >= 15 is 0 Å². The zero-order chi connectivity index (χ0) is 18.7. The zero-order valence-corrected chi connectivity index (χ0v) is 17.1. The number of hydrogen-bond donors (Lipinski definition) is 2. The summed E-state index contributed by atoms with van der Waals surface area (Å²) in [6, 6.07) is 4.76. The van der Waals surface area contributed by atoms with Gasteiger partial charge >= 0.3 is 0 Å². The molecule has 0 aromatic heterocycles. The first-order chi connectivity index (χ1) is 12.0. The molecule has 0 aliphatic rings. The number of rotatable bonds is 12. The van der Waals surface area contributed by atoms with E-state index in [1.807, 2.05) is 0 Å². The fourth-order valence-corrected chi connectivity index (χ4v) is 4.87. The lowest BCUT2D eigenvalue weighted by atomic mass is 10.0. The minimum Gasteiger partial charge on any atom is -0.496 e. The van der Waals surface area contributed by atoms with Crippen molar-refractivity contribution in [3.05, 3.63) is 28.8 Å². The van der Waals surface area contributed by atoms with Crippen LogP contribution in [0.15, 0.2) is 12.1 Å². The summed E-state index contributed by atoms with van der Waals surface area (Å²) in [7, 11) is -1.47. The fraction of sp³-hybridized carbons (Fsp3) is 0.619. The first-order valence-corrected chi connectivity index (χ1v) is 12.9. The van der Waals surface area contributed by atoms with Gasteiger partial charge in [0.25, 0.3) is 0 Å². The second-order valence-electron chi connectivity index (χ2n) is 7.55. The Hall–Kier alpha value is -1.28. The summed E-state index contributed by atoms with van der Waals surface area (Å²) in [6.45, 7) is 6.64. The van der Waals surface area contributed by atoms with E-state index in [4.69, 9.17) is 11.2 Å². The van der Waals surface area contributed by atoms with Gasteiger partial charge in [-0.05, 0) is 12.1 Å². The number of aliphatic hydroxyl groups excluding tert-OH is 2. The molecule has 1 aromatic rings. The molecule has 2 N–H and O–H groups in total. The summed E-state index contributed by atoms with van der Waals surface area (Å²) in [6.07, 6.45) is 14.0. The lowest BCUT2D eigenvalue weighted by molar-refractivity contribution is 0.257. The van der Waals surface area contributed by atoms with E-state index in [0.29, 0.717) is 28.7 Å². The van der Waals surface area contributed by atoms with Crippen LogP contribution in [0.3, 0.4) is 0 Å². The van der Waals surface area contributed by atoms with E-state index in [9.17, 15) is 10.2 Å². The highest BCUT2D eigenvalue weighted by atomic mass is 28.3. The third-order valence-electron chi connectivity index (χ3n) is 4.56. The van der Waals surface area contributed by atoms with Crippen LogP contribution in [0.2, 0.25) is 19.1 Å². The molecule has 3 nitrogen and oxygen atoms in total. The summed E-state index contributed by atoms with van der Waals surface area (Å²) in [5.41, 5.74) is 1.97. The Morgan fingerprint density at radius 2 is 1.56 bits per heavy atom. The molecule has 0 saturated heterocycles. The fourth-order valence-electron chi connectivity index (χ4n) is 2.98. The molecule has 1 rings (SSSR count). The van der Waals surface area contributed by atoms with E-state index in [1.165, 1.54) is 44.6 Å². The van der Waals surface area contributed by atoms with Gasteiger partial charge in [-0.3, -0.25) is 0 Å². The quantitative estimate of drug-likeness (QED) is 0.323. The van der Waals surface area contributed by atoms with Gasteiger partial charge in [0.1, 0.15) is 5.75 Å². The molecule has 0 atom stereocenters. The van der Waals surface area contributed by atoms with Crippen molar-refractivity contribution in [1.82, 2.24) is 0 Å². The molecule has 0 saturated carbocycles. The Morgan fingerprint density at radius 3 is 2.08 bits per heavy atom. The Bertz CT molecular complexity index is 536. The molecule has 0 fully saturated rings. The van der Waals surface area contributed by atoms with Crippen LogP contribution in [0, 0.1) is 12.3 Å². The van der Waals surface area contributed by atoms with E-state index in [1.54, 1.807) is 12.1 Å². The van der Waals surface area contributed by atoms with Crippen LogP contribution in [-0.2, 0) is 13.2 Å². The summed E-state index contributed by atoms with van der Waals surface area (Å²) < 4.78 is 6.08. The third kappa shape index (κ3) is 7.64. The van der Waals surface area contributed by atoms with Gasteiger partial charge in [-0.1, -0.05) is 70.5 Å². The number of terminal acetylenes is 1. The Labute approximate surface area is 154 Å². The molecule has 4 heteroatoms. The van der Waals surface area contributed by atoms with E-state index in [-0.39, 0.29) is 13.2 Å². The number of aliphatic hydroxyl groups is 2. The summed E-state index contributed by atoms with van der Waals surface area (Å²) in [5, 5.41) is 19.2. The van der Waals surface area contributed by atoms with E-state index < -0.39 is 8.07 Å². The van der Waals surface area contributed by atoms with Crippen LogP contribution in [0.1, 0.15) is 62.1 Å². The minimum absolute atomic E-state index is 0.142. The molecule has 0 amide bonds. The highest BCUT2D eigenvalue weighted by Gasteiger charge is 2.23. The first kappa shape index (κ1) is 21.8. The molecule has 25 heavy (non-hydrogen) atoms. The topological polar surface area (TPSA) is 49.7 Å². The predicted octanol–water partition coefficient (Wildman–Crippen LogP) is 4.64. The zero-order valence-electron chi connectivity index (χ0n) is 16.1. The van der Waals surface area contributed by atoms with Gasteiger partial charge in [0.2, 0.25) is 0 Å². The first-order valence-electron chi connectivity index (χ1n) is 9.44. The molecule has 0 spiro atoms. The molecule has 140 valence electrons. The van der Waals surface area contributed by atoms with E-state index in [0.717, 1.165) is 0 Å². The van der Waals surface area contributed by atoms with Crippen LogP contribution < -0.4 is 4.74 Å². The number of hydrogen-bond acceptors (Lipinski definition) is 3. The molecule has 0 aliphatic carbocycles. The van der Waals surface area contributed by atoms with E-state index in [2.05, 4.69) is 25.9 Å². The standard InChI is InChI=1S/C21H34O3Si/c1-5-7-8-9-10-11-12-25(3,4)17-24-21-19(15-22)13-18(6-2)14-20(21)16-23/h2,13-14,22-23H,5,7-12,15-17H2,1,3-4H3. The lowest BCUT2D eigenvalue weighted by Crippen LogP contribution is -2.34. The molecule has 1 aromatic carbocycles. The van der Waals surface area contributed by atoms with Crippen LogP contribution >= 0.6 is 0 Å². The highest BCUT2D eigenvalue weighted by molar-refractivity contribution is 6.77. The van der Waals surface area contributed by atoms with Gasteiger partial charge in [-0.15, -0.1) is 6.42 Å². The molecule has 0 bridgehead atoms. The van der Waals surface area contributed by atoms with Gasteiger partial charge in [0, 0.05) is 16.7 Å². The van der Waals surface area contributed by atoms with Gasteiger partial charge in [-0.25, -0.2) is 0 Å². The van der Waals surface area contributed by atoms with Crippen LogP contribution in [0.25, 0.3) is 0 Å². The SMILES string of the molecule is C#Cc1cc(CO)c(OC[Si](C)(C)CCCCCCCC)c(CO)c1. The normalized spacial score (nSPS) is 11.4. The second kappa shape index (κ2) is 11.4. The summed E-state index contributed by atoms with van der Waals surface area (Å²) in [4.78, 5) is 0.